The average Bonchev–Trinajstić information content (AvgIpc) is 3.38. The number of sulfone groups is 1. The van der Waals surface area contributed by atoms with Gasteiger partial charge >= 0.3 is 12.1 Å². The topological polar surface area (TPSA) is 110 Å². The fourth-order valence-electron chi connectivity index (χ4n) is 3.78. The van der Waals surface area contributed by atoms with E-state index in [2.05, 4.69) is 45.4 Å². The summed E-state index contributed by atoms with van der Waals surface area (Å²) in [7, 11) is -3.54. The minimum atomic E-state index is -5.08. The fourth-order valence-corrected chi connectivity index (χ4v) is 6.19. The van der Waals surface area contributed by atoms with Crippen molar-refractivity contribution in [3.05, 3.63) is 70.5 Å². The monoisotopic (exact) mass is 591 g/mol. The summed E-state index contributed by atoms with van der Waals surface area (Å²) in [5.74, 6) is -2.43. The van der Waals surface area contributed by atoms with Crippen LogP contribution in [0.15, 0.2) is 59.8 Å². The lowest BCUT2D eigenvalue weighted by Crippen LogP contribution is -2.39. The second kappa shape index (κ2) is 12.9. The van der Waals surface area contributed by atoms with Crippen LogP contribution >= 0.6 is 23.1 Å². The molecule has 0 bridgehead atoms. The molecule has 0 amide bonds. The minimum Gasteiger partial charge on any atom is -0.489 e. The molecule has 1 fully saturated rings. The standard InChI is InChI=1S/C22H24ClN3O3S2.C2HF3O2/c1-16(17-5-3-2-4-6-17)26-11-9-18(10-12-26)29-21-8-7-19(13-20(21)23)31(27,28)14-22-24-15-25-30-22;3-2(4,5)1(6)7/h2-8,13,15-16,18H,9-12,14H2,1H3;(H,6,7)/t16-;/m0./s1. The smallest absolute Gasteiger partial charge is 0.489 e. The fraction of sp³-hybridized carbons (Fsp3) is 0.375. The zero-order valence-electron chi connectivity index (χ0n) is 20.1. The van der Waals surface area contributed by atoms with Crippen LogP contribution in [-0.2, 0) is 20.4 Å². The highest BCUT2D eigenvalue weighted by atomic mass is 35.5. The van der Waals surface area contributed by atoms with Gasteiger partial charge in [-0.2, -0.15) is 17.5 Å². The van der Waals surface area contributed by atoms with Gasteiger partial charge in [-0.05, 0) is 55.1 Å². The molecular weight excluding hydrogens is 567 g/mol. The van der Waals surface area contributed by atoms with E-state index in [0.717, 1.165) is 37.5 Å². The molecule has 206 valence electrons. The Morgan fingerprint density at radius 2 is 1.84 bits per heavy atom. The minimum absolute atomic E-state index is 0.0561. The second-order valence-corrected chi connectivity index (χ2v) is 11.7. The maximum absolute atomic E-state index is 12.6. The number of rotatable bonds is 7. The number of piperidine rings is 1. The van der Waals surface area contributed by atoms with Crippen LogP contribution in [0.25, 0.3) is 0 Å². The number of halogens is 4. The number of carboxylic acids is 1. The van der Waals surface area contributed by atoms with Crippen LogP contribution in [0, 0.1) is 0 Å². The van der Waals surface area contributed by atoms with Crippen molar-refractivity contribution in [1.29, 1.82) is 0 Å². The van der Waals surface area contributed by atoms with E-state index >= 15 is 0 Å². The lowest BCUT2D eigenvalue weighted by atomic mass is 10.0. The maximum Gasteiger partial charge on any atom is 0.490 e. The van der Waals surface area contributed by atoms with Crippen molar-refractivity contribution in [2.75, 3.05) is 13.1 Å². The van der Waals surface area contributed by atoms with Gasteiger partial charge in [-0.25, -0.2) is 18.2 Å². The van der Waals surface area contributed by atoms with Gasteiger partial charge in [-0.15, -0.1) is 0 Å². The molecule has 1 aliphatic heterocycles. The first-order chi connectivity index (χ1) is 17.9. The molecule has 3 aromatic rings. The van der Waals surface area contributed by atoms with Gasteiger partial charge in [0.05, 0.1) is 9.92 Å². The van der Waals surface area contributed by atoms with Gasteiger partial charge in [-0.3, -0.25) is 4.90 Å². The van der Waals surface area contributed by atoms with E-state index in [1.54, 1.807) is 12.1 Å². The summed E-state index contributed by atoms with van der Waals surface area (Å²) < 4.78 is 66.9. The van der Waals surface area contributed by atoms with Crippen LogP contribution in [0.1, 0.15) is 36.4 Å². The summed E-state index contributed by atoms with van der Waals surface area (Å²) in [5.41, 5.74) is 1.32. The molecule has 0 unspecified atom stereocenters. The van der Waals surface area contributed by atoms with Crippen molar-refractivity contribution in [1.82, 2.24) is 14.3 Å². The first-order valence-corrected chi connectivity index (χ1v) is 14.2. The number of benzene rings is 2. The van der Waals surface area contributed by atoms with Crippen molar-refractivity contribution >= 4 is 38.9 Å². The van der Waals surface area contributed by atoms with Gasteiger partial charge < -0.3 is 9.84 Å². The Morgan fingerprint density at radius 3 is 2.37 bits per heavy atom. The molecule has 0 saturated carbocycles. The molecule has 8 nitrogen and oxygen atoms in total. The molecule has 1 N–H and O–H groups in total. The van der Waals surface area contributed by atoms with Crippen molar-refractivity contribution in [2.24, 2.45) is 0 Å². The molecular formula is C24H25ClF3N3O5S2. The molecule has 14 heteroatoms. The zero-order chi connectivity index (χ0) is 27.9. The summed E-state index contributed by atoms with van der Waals surface area (Å²) >= 11 is 7.44. The number of carbonyl (C=O) groups is 1. The maximum atomic E-state index is 12.6. The van der Waals surface area contributed by atoms with Gasteiger partial charge in [0, 0.05) is 19.1 Å². The van der Waals surface area contributed by atoms with Gasteiger partial charge in [-0.1, -0.05) is 41.9 Å². The third-order valence-corrected chi connectivity index (χ3v) is 8.59. The van der Waals surface area contributed by atoms with E-state index < -0.39 is 22.0 Å². The number of aromatic nitrogens is 2. The largest absolute Gasteiger partial charge is 0.490 e. The molecule has 1 saturated heterocycles. The third kappa shape index (κ3) is 8.38. The lowest BCUT2D eigenvalue weighted by Gasteiger charge is -2.36. The zero-order valence-corrected chi connectivity index (χ0v) is 22.5. The molecule has 38 heavy (non-hydrogen) atoms. The van der Waals surface area contributed by atoms with Crippen LogP contribution < -0.4 is 4.74 Å². The van der Waals surface area contributed by atoms with Crippen LogP contribution in [0.4, 0.5) is 13.2 Å². The van der Waals surface area contributed by atoms with Crippen LogP contribution in [0.5, 0.6) is 5.75 Å². The van der Waals surface area contributed by atoms with E-state index in [0.29, 0.717) is 21.8 Å². The summed E-state index contributed by atoms with van der Waals surface area (Å²) in [6, 6.07) is 15.5. The highest BCUT2D eigenvalue weighted by Gasteiger charge is 2.38. The molecule has 0 radical (unpaired) electrons. The number of likely N-dealkylation sites (tertiary alicyclic amines) is 1. The Kier molecular flexibility index (Phi) is 10.1. The molecule has 4 rings (SSSR count). The Hall–Kier alpha value is -2.74. The number of carboxylic acid groups (broad SMARTS) is 1. The van der Waals surface area contributed by atoms with Crippen molar-refractivity contribution < 1.29 is 36.2 Å². The SMILES string of the molecule is C[C@@H](c1ccccc1)N1CCC(Oc2ccc(S(=O)(=O)Cc3ncns3)cc2Cl)CC1.O=C(O)C(F)(F)F. The first-order valence-electron chi connectivity index (χ1n) is 11.4. The molecule has 2 aromatic carbocycles. The molecule has 2 heterocycles. The van der Waals surface area contributed by atoms with Crippen LogP contribution in [-0.4, -0.2) is 59.1 Å². The Morgan fingerprint density at radius 1 is 1.21 bits per heavy atom. The summed E-state index contributed by atoms with van der Waals surface area (Å²) in [6.07, 6.45) is -1.89. The number of aliphatic carboxylic acids is 1. The summed E-state index contributed by atoms with van der Waals surface area (Å²) in [4.78, 5) is 15.5. The number of hydrogen-bond acceptors (Lipinski definition) is 8. The molecule has 1 aromatic heterocycles. The molecule has 0 spiro atoms. The number of ether oxygens (including phenoxy) is 1. The van der Waals surface area contributed by atoms with E-state index in [-0.39, 0.29) is 16.8 Å². The predicted molar refractivity (Wildman–Crippen MR) is 136 cm³/mol. The van der Waals surface area contributed by atoms with E-state index in [1.807, 2.05) is 6.07 Å². The predicted octanol–water partition coefficient (Wildman–Crippen LogP) is 5.40. The lowest BCUT2D eigenvalue weighted by molar-refractivity contribution is -0.192. The second-order valence-electron chi connectivity index (χ2n) is 8.43. The molecule has 1 aliphatic rings. The van der Waals surface area contributed by atoms with Gasteiger partial charge in [0.1, 0.15) is 28.9 Å². The first kappa shape index (κ1) is 29.8. The van der Waals surface area contributed by atoms with E-state index in [4.69, 9.17) is 26.2 Å². The number of hydrogen-bond donors (Lipinski definition) is 1. The van der Waals surface area contributed by atoms with Crippen LogP contribution in [0.2, 0.25) is 5.02 Å². The summed E-state index contributed by atoms with van der Waals surface area (Å²) in [6.45, 7) is 4.10. The van der Waals surface area contributed by atoms with Crippen molar-refractivity contribution in [3.63, 3.8) is 0 Å². The number of nitrogens with zero attached hydrogens (tertiary/aromatic N) is 3. The Labute approximate surface area is 227 Å². The van der Waals surface area contributed by atoms with Gasteiger partial charge in [0.2, 0.25) is 0 Å². The molecule has 1 atom stereocenters. The van der Waals surface area contributed by atoms with E-state index in [1.165, 1.54) is 18.0 Å². The highest BCUT2D eigenvalue weighted by Crippen LogP contribution is 2.32. The average molecular weight is 592 g/mol. The molecule has 0 aliphatic carbocycles. The quantitative estimate of drug-likeness (QED) is 0.389. The van der Waals surface area contributed by atoms with Gasteiger partial charge in [0.25, 0.3) is 0 Å². The highest BCUT2D eigenvalue weighted by molar-refractivity contribution is 7.90. The normalized spacial score (nSPS) is 15.8. The third-order valence-electron chi connectivity index (χ3n) is 5.83. The van der Waals surface area contributed by atoms with Gasteiger partial charge in [0.15, 0.2) is 9.84 Å². The summed E-state index contributed by atoms with van der Waals surface area (Å²) in [5, 5.41) is 7.88. The Bertz CT molecular complexity index is 1300. The van der Waals surface area contributed by atoms with Crippen LogP contribution in [0.3, 0.4) is 0 Å². The number of alkyl halides is 3. The Balaban J connectivity index is 0.000000505. The van der Waals surface area contributed by atoms with E-state index in [9.17, 15) is 21.6 Å². The van der Waals surface area contributed by atoms with Crippen molar-refractivity contribution in [3.8, 4) is 5.75 Å². The van der Waals surface area contributed by atoms with Crippen molar-refractivity contribution in [2.45, 2.75) is 48.7 Å².